The fourth-order valence-corrected chi connectivity index (χ4v) is 1.81. The second-order valence-corrected chi connectivity index (χ2v) is 3.98. The third kappa shape index (κ3) is 3.79. The summed E-state index contributed by atoms with van der Waals surface area (Å²) < 4.78 is 11.1. The van der Waals surface area contributed by atoms with E-state index in [0.29, 0.717) is 21.5 Å². The molecule has 0 bridgehead atoms. The normalized spacial score (nSPS) is 10.1. The zero-order chi connectivity index (χ0) is 13.5. The molecule has 0 radical (unpaired) electrons. The molecule has 6 heteroatoms. The average Bonchev–Trinajstić information content (AvgIpc) is 2.34. The highest BCUT2D eigenvalue weighted by Gasteiger charge is 2.10. The topological polar surface area (TPSA) is 61.6 Å². The molecule has 0 saturated carbocycles. The summed E-state index contributed by atoms with van der Waals surface area (Å²) in [5.41, 5.74) is 0.614. The number of ether oxygens (including phenoxy) is 2. The standard InChI is InChI=1S/C12H10BrNO4/c1-3-6-18-12-10(13)7-9(4-5-14(15)16)8-11(12)17-2/h1,4-5,7-8H,6H2,2H3. The third-order valence-corrected chi connectivity index (χ3v) is 2.53. The molecule has 0 heterocycles. The molecule has 0 aliphatic rings. The van der Waals surface area contributed by atoms with Gasteiger partial charge < -0.3 is 9.47 Å². The lowest BCUT2D eigenvalue weighted by molar-refractivity contribution is -0.400. The first kappa shape index (κ1) is 14.1. The fourth-order valence-electron chi connectivity index (χ4n) is 1.24. The molecule has 0 N–H and O–H groups in total. The number of benzene rings is 1. The third-order valence-electron chi connectivity index (χ3n) is 1.94. The molecule has 1 rings (SSSR count). The predicted molar refractivity (Wildman–Crippen MR) is 71.1 cm³/mol. The first-order valence-electron chi connectivity index (χ1n) is 4.84. The van der Waals surface area contributed by atoms with Crippen molar-refractivity contribution in [2.45, 2.75) is 0 Å². The van der Waals surface area contributed by atoms with Crippen molar-refractivity contribution in [3.63, 3.8) is 0 Å². The SMILES string of the molecule is C#CCOc1c(Br)cc(C=C[N+](=O)[O-])cc1OC. The maximum absolute atomic E-state index is 10.2. The number of hydrogen-bond acceptors (Lipinski definition) is 4. The molecule has 0 fully saturated rings. The van der Waals surface area contributed by atoms with Gasteiger partial charge in [0.2, 0.25) is 6.20 Å². The quantitative estimate of drug-likeness (QED) is 0.476. The number of methoxy groups -OCH3 is 1. The number of terminal acetylenes is 1. The molecule has 0 aromatic heterocycles. The van der Waals surface area contributed by atoms with Crippen LogP contribution in [0.1, 0.15) is 5.56 Å². The van der Waals surface area contributed by atoms with Crippen LogP contribution in [0.2, 0.25) is 0 Å². The van der Waals surface area contributed by atoms with Crippen molar-refractivity contribution >= 4 is 22.0 Å². The van der Waals surface area contributed by atoms with Gasteiger partial charge in [-0.3, -0.25) is 10.1 Å². The van der Waals surface area contributed by atoms with Crippen LogP contribution in [0.4, 0.5) is 0 Å². The Balaban J connectivity index is 3.10. The predicted octanol–water partition coefficient (Wildman–Crippen LogP) is 2.72. The minimum absolute atomic E-state index is 0.110. The number of rotatable bonds is 5. The Bertz CT molecular complexity index is 520. The summed E-state index contributed by atoms with van der Waals surface area (Å²) in [4.78, 5) is 9.71. The molecule has 0 spiro atoms. The second kappa shape index (κ2) is 6.67. The molecule has 0 amide bonds. The maximum Gasteiger partial charge on any atom is 0.235 e. The Hall–Kier alpha value is -2.00. The molecular weight excluding hydrogens is 302 g/mol. The Morgan fingerprint density at radius 2 is 2.33 bits per heavy atom. The van der Waals surface area contributed by atoms with Gasteiger partial charge in [-0.15, -0.1) is 6.42 Å². The van der Waals surface area contributed by atoms with E-state index in [4.69, 9.17) is 15.9 Å². The van der Waals surface area contributed by atoms with E-state index in [1.165, 1.54) is 13.2 Å². The van der Waals surface area contributed by atoms with Gasteiger partial charge in [0.15, 0.2) is 11.5 Å². The van der Waals surface area contributed by atoms with Crippen molar-refractivity contribution in [1.82, 2.24) is 0 Å². The highest BCUT2D eigenvalue weighted by Crippen LogP contribution is 2.36. The Morgan fingerprint density at radius 1 is 1.61 bits per heavy atom. The number of nitrogens with zero attached hydrogens (tertiary/aromatic N) is 1. The van der Waals surface area contributed by atoms with E-state index in [0.717, 1.165) is 6.20 Å². The van der Waals surface area contributed by atoms with Crippen LogP contribution >= 0.6 is 15.9 Å². The van der Waals surface area contributed by atoms with Gasteiger partial charge in [-0.25, -0.2) is 0 Å². The summed E-state index contributed by atoms with van der Waals surface area (Å²) in [5, 5.41) is 10.2. The van der Waals surface area contributed by atoms with E-state index in [1.807, 2.05) is 0 Å². The molecule has 94 valence electrons. The average molecular weight is 312 g/mol. The van der Waals surface area contributed by atoms with E-state index >= 15 is 0 Å². The molecule has 1 aromatic rings. The van der Waals surface area contributed by atoms with Crippen LogP contribution in [0.25, 0.3) is 6.08 Å². The molecule has 0 atom stereocenters. The summed E-state index contributed by atoms with van der Waals surface area (Å²) in [5.74, 6) is 3.26. The highest BCUT2D eigenvalue weighted by atomic mass is 79.9. The van der Waals surface area contributed by atoms with Gasteiger partial charge in [0, 0.05) is 6.08 Å². The van der Waals surface area contributed by atoms with Gasteiger partial charge in [0.25, 0.3) is 0 Å². The summed E-state index contributed by atoms with van der Waals surface area (Å²) in [6, 6.07) is 3.30. The van der Waals surface area contributed by atoms with Crippen molar-refractivity contribution < 1.29 is 14.4 Å². The Labute approximate surface area is 113 Å². The minimum Gasteiger partial charge on any atom is -0.493 e. The van der Waals surface area contributed by atoms with Crippen LogP contribution in [-0.4, -0.2) is 18.6 Å². The van der Waals surface area contributed by atoms with Gasteiger partial charge in [-0.1, -0.05) is 5.92 Å². The first-order valence-corrected chi connectivity index (χ1v) is 5.63. The van der Waals surface area contributed by atoms with Gasteiger partial charge in [0.1, 0.15) is 6.61 Å². The zero-order valence-corrected chi connectivity index (χ0v) is 11.1. The molecule has 0 aliphatic heterocycles. The van der Waals surface area contributed by atoms with Gasteiger partial charge in [-0.05, 0) is 33.6 Å². The Kier molecular flexibility index (Phi) is 5.21. The monoisotopic (exact) mass is 311 g/mol. The number of hydrogen-bond donors (Lipinski definition) is 0. The van der Waals surface area contributed by atoms with E-state index < -0.39 is 4.92 Å². The van der Waals surface area contributed by atoms with Crippen LogP contribution in [0.5, 0.6) is 11.5 Å². The lowest BCUT2D eigenvalue weighted by Gasteiger charge is -2.11. The van der Waals surface area contributed by atoms with Crippen molar-refractivity contribution in [3.8, 4) is 23.8 Å². The second-order valence-electron chi connectivity index (χ2n) is 3.13. The van der Waals surface area contributed by atoms with Crippen LogP contribution in [0.15, 0.2) is 22.8 Å². The van der Waals surface area contributed by atoms with Gasteiger partial charge in [-0.2, -0.15) is 0 Å². The van der Waals surface area contributed by atoms with Crippen LogP contribution in [-0.2, 0) is 0 Å². The maximum atomic E-state index is 10.2. The number of halogens is 1. The molecule has 0 unspecified atom stereocenters. The Morgan fingerprint density at radius 3 is 2.89 bits per heavy atom. The molecular formula is C12H10BrNO4. The highest BCUT2D eigenvalue weighted by molar-refractivity contribution is 9.10. The number of nitro groups is 1. The van der Waals surface area contributed by atoms with Crippen molar-refractivity contribution in [3.05, 3.63) is 38.5 Å². The van der Waals surface area contributed by atoms with E-state index in [2.05, 4.69) is 21.9 Å². The van der Waals surface area contributed by atoms with E-state index in [-0.39, 0.29) is 6.61 Å². The van der Waals surface area contributed by atoms with Gasteiger partial charge >= 0.3 is 0 Å². The molecule has 5 nitrogen and oxygen atoms in total. The summed E-state index contributed by atoms with van der Waals surface area (Å²) in [6.07, 6.45) is 7.32. The van der Waals surface area contributed by atoms with Crippen molar-refractivity contribution in [1.29, 1.82) is 0 Å². The van der Waals surface area contributed by atoms with Gasteiger partial charge in [0.05, 0.1) is 16.5 Å². The first-order chi connectivity index (χ1) is 8.58. The van der Waals surface area contributed by atoms with Crippen molar-refractivity contribution in [2.75, 3.05) is 13.7 Å². The smallest absolute Gasteiger partial charge is 0.235 e. The molecule has 0 aliphatic carbocycles. The van der Waals surface area contributed by atoms with Crippen LogP contribution < -0.4 is 9.47 Å². The zero-order valence-electron chi connectivity index (χ0n) is 9.55. The largest absolute Gasteiger partial charge is 0.493 e. The van der Waals surface area contributed by atoms with Crippen LogP contribution in [0, 0.1) is 22.5 Å². The molecule has 1 aromatic carbocycles. The summed E-state index contributed by atoms with van der Waals surface area (Å²) in [7, 11) is 1.48. The fraction of sp³-hybridized carbons (Fsp3) is 0.167. The van der Waals surface area contributed by atoms with E-state index in [1.54, 1.807) is 12.1 Å². The summed E-state index contributed by atoms with van der Waals surface area (Å²) in [6.45, 7) is 0.110. The molecule has 18 heavy (non-hydrogen) atoms. The summed E-state index contributed by atoms with van der Waals surface area (Å²) >= 11 is 3.30. The lowest BCUT2D eigenvalue weighted by Crippen LogP contribution is -1.98. The minimum atomic E-state index is -0.539. The lowest BCUT2D eigenvalue weighted by atomic mass is 10.2. The molecule has 0 saturated heterocycles. The van der Waals surface area contributed by atoms with Crippen molar-refractivity contribution in [2.24, 2.45) is 0 Å². The van der Waals surface area contributed by atoms with E-state index in [9.17, 15) is 10.1 Å². The van der Waals surface area contributed by atoms with Crippen LogP contribution in [0.3, 0.4) is 0 Å².